The summed E-state index contributed by atoms with van der Waals surface area (Å²) in [6, 6.07) is 4.20. The van der Waals surface area contributed by atoms with Crippen LogP contribution in [0.3, 0.4) is 0 Å². The van der Waals surface area contributed by atoms with Crippen LogP contribution in [-0.2, 0) is 51.8 Å². The molecule has 0 atom stereocenters. The number of amides is 2. The average molecular weight is 693 g/mol. The van der Waals surface area contributed by atoms with Crippen LogP contribution in [-0.4, -0.2) is 89.1 Å². The van der Waals surface area contributed by atoms with E-state index >= 15 is 0 Å². The Bertz CT molecular complexity index is 1600. The standard InChI is InChI=1S/C34H47F3N6O4S/c1-48(46,47)41-19-13-30-28(23-41)33(39-43(30)16-5-14-40-17-11-27(12-18-40)42-15-4-8-32(42)45)25-9-10-29(34(35,36)37)26(21-25)22-38-31(44)20-24-6-2-3-7-24/h9-10,21,24,27H,2-8,11-20,22-23H2,1H3,(H,38,44). The third kappa shape index (κ3) is 8.07. The monoisotopic (exact) mass is 692 g/mol. The van der Waals surface area contributed by atoms with Gasteiger partial charge in [0.15, 0.2) is 0 Å². The van der Waals surface area contributed by atoms with Gasteiger partial charge in [-0.15, -0.1) is 0 Å². The molecule has 2 aromatic rings. The van der Waals surface area contributed by atoms with Crippen LogP contribution in [0, 0.1) is 5.92 Å². The number of nitrogens with zero attached hydrogens (tertiary/aromatic N) is 5. The number of carbonyl (C=O) groups is 2. The third-order valence-electron chi connectivity index (χ3n) is 10.6. The van der Waals surface area contributed by atoms with Gasteiger partial charge in [-0.3, -0.25) is 14.3 Å². The number of rotatable bonds is 11. The van der Waals surface area contributed by atoms with Gasteiger partial charge in [-0.1, -0.05) is 18.9 Å². The maximum atomic E-state index is 14.1. The number of benzene rings is 1. The molecule has 48 heavy (non-hydrogen) atoms. The van der Waals surface area contributed by atoms with Crippen LogP contribution in [0.15, 0.2) is 18.2 Å². The SMILES string of the molecule is CS(=O)(=O)N1CCc2c(c(-c3ccc(C(F)(F)F)c(CNC(=O)CC4CCCC4)c3)nn2CCCN2CCC(N3CCCC3=O)CC2)C1. The van der Waals surface area contributed by atoms with Crippen molar-refractivity contribution in [1.82, 2.24) is 29.2 Å². The van der Waals surface area contributed by atoms with Gasteiger partial charge in [0.25, 0.3) is 0 Å². The molecular weight excluding hydrogens is 645 g/mol. The van der Waals surface area contributed by atoms with Crippen molar-refractivity contribution in [2.45, 2.75) is 102 Å². The second kappa shape index (κ2) is 14.5. The fraction of sp³-hybridized carbons (Fsp3) is 0.676. The van der Waals surface area contributed by atoms with Gasteiger partial charge >= 0.3 is 6.18 Å². The summed E-state index contributed by atoms with van der Waals surface area (Å²) in [5.41, 5.74) is 1.70. The maximum Gasteiger partial charge on any atom is 0.416 e. The average Bonchev–Trinajstić information content (AvgIpc) is 3.80. The number of nitrogens with one attached hydrogen (secondary N) is 1. The van der Waals surface area contributed by atoms with Crippen LogP contribution in [0.25, 0.3) is 11.3 Å². The van der Waals surface area contributed by atoms with Crippen LogP contribution in [0.4, 0.5) is 13.2 Å². The summed E-state index contributed by atoms with van der Waals surface area (Å²) in [4.78, 5) is 29.3. The molecule has 1 N–H and O–H groups in total. The van der Waals surface area contributed by atoms with E-state index < -0.39 is 21.8 Å². The molecule has 0 bridgehead atoms. The Morgan fingerprint density at radius 1 is 1.00 bits per heavy atom. The van der Waals surface area contributed by atoms with Gasteiger partial charge < -0.3 is 15.1 Å². The predicted octanol–water partition coefficient (Wildman–Crippen LogP) is 4.56. The van der Waals surface area contributed by atoms with Crippen LogP contribution in [0.1, 0.15) is 86.6 Å². The summed E-state index contributed by atoms with van der Waals surface area (Å²) in [5.74, 6) is 0.296. The number of sulfonamides is 1. The second-order valence-electron chi connectivity index (χ2n) is 14.0. The highest BCUT2D eigenvalue weighted by molar-refractivity contribution is 7.88. The highest BCUT2D eigenvalue weighted by Gasteiger charge is 2.35. The summed E-state index contributed by atoms with van der Waals surface area (Å²) in [5, 5.41) is 7.61. The lowest BCUT2D eigenvalue weighted by atomic mass is 9.97. The molecular formula is C34H47F3N6O4S. The third-order valence-corrected chi connectivity index (χ3v) is 11.9. The predicted molar refractivity (Wildman–Crippen MR) is 175 cm³/mol. The normalized spacial score (nSPS) is 20.5. The first kappa shape index (κ1) is 34.9. The van der Waals surface area contributed by atoms with E-state index in [1.807, 2.05) is 9.58 Å². The number of aromatic nitrogens is 2. The van der Waals surface area contributed by atoms with Crippen molar-refractivity contribution in [3.05, 3.63) is 40.6 Å². The number of halogens is 3. The molecule has 1 saturated carbocycles. The van der Waals surface area contributed by atoms with Crippen LogP contribution in [0.5, 0.6) is 0 Å². The van der Waals surface area contributed by atoms with E-state index in [1.165, 1.54) is 16.4 Å². The molecule has 1 aromatic carbocycles. The minimum Gasteiger partial charge on any atom is -0.352 e. The molecule has 2 amide bonds. The summed E-state index contributed by atoms with van der Waals surface area (Å²) < 4.78 is 70.5. The summed E-state index contributed by atoms with van der Waals surface area (Å²) in [6.07, 6.45) is 5.75. The van der Waals surface area contributed by atoms with Crippen molar-refractivity contribution in [2.75, 3.05) is 39.0 Å². The quantitative estimate of drug-likeness (QED) is 0.370. The summed E-state index contributed by atoms with van der Waals surface area (Å²) in [6.45, 7) is 4.31. The van der Waals surface area contributed by atoms with Gasteiger partial charge in [-0.2, -0.15) is 22.6 Å². The van der Waals surface area contributed by atoms with Gasteiger partial charge in [-0.25, -0.2) is 8.42 Å². The Labute approximate surface area is 281 Å². The van der Waals surface area contributed by atoms with Crippen molar-refractivity contribution >= 4 is 21.8 Å². The van der Waals surface area contributed by atoms with Gasteiger partial charge in [0.05, 0.1) is 17.5 Å². The molecule has 3 fully saturated rings. The molecule has 14 heteroatoms. The molecule has 10 nitrogen and oxygen atoms in total. The molecule has 0 radical (unpaired) electrons. The first-order valence-electron chi connectivity index (χ1n) is 17.4. The first-order chi connectivity index (χ1) is 22.9. The van der Waals surface area contributed by atoms with Crippen LogP contribution >= 0.6 is 0 Å². The number of hydrogen-bond acceptors (Lipinski definition) is 6. The van der Waals surface area contributed by atoms with E-state index in [9.17, 15) is 31.2 Å². The van der Waals surface area contributed by atoms with E-state index in [0.717, 1.165) is 95.6 Å². The Hall–Kier alpha value is -2.97. The second-order valence-corrected chi connectivity index (χ2v) is 15.9. The Balaban J connectivity index is 1.19. The molecule has 1 aromatic heterocycles. The van der Waals surface area contributed by atoms with Gasteiger partial charge in [0.2, 0.25) is 21.8 Å². The van der Waals surface area contributed by atoms with E-state index in [2.05, 4.69) is 10.2 Å². The molecule has 4 aliphatic rings. The number of likely N-dealkylation sites (tertiary alicyclic amines) is 2. The minimum atomic E-state index is -4.60. The number of fused-ring (bicyclic) bond motifs is 1. The topological polar surface area (TPSA) is 108 Å². The number of alkyl halides is 3. The van der Waals surface area contributed by atoms with Gasteiger partial charge in [0, 0.05) is 87.9 Å². The molecule has 2 saturated heterocycles. The lowest BCUT2D eigenvalue weighted by Crippen LogP contribution is -2.45. The van der Waals surface area contributed by atoms with Crippen molar-refractivity contribution in [2.24, 2.45) is 5.92 Å². The van der Waals surface area contributed by atoms with Crippen molar-refractivity contribution in [1.29, 1.82) is 0 Å². The minimum absolute atomic E-state index is 0.0436. The van der Waals surface area contributed by atoms with Crippen molar-refractivity contribution < 1.29 is 31.2 Å². The fourth-order valence-electron chi connectivity index (χ4n) is 8.03. The lowest BCUT2D eigenvalue weighted by molar-refractivity contribution is -0.138. The van der Waals surface area contributed by atoms with Crippen LogP contribution < -0.4 is 5.32 Å². The van der Waals surface area contributed by atoms with E-state index in [4.69, 9.17) is 5.10 Å². The zero-order valence-corrected chi connectivity index (χ0v) is 28.5. The molecule has 0 unspecified atom stereocenters. The first-order valence-corrected chi connectivity index (χ1v) is 19.2. The fourth-order valence-corrected chi connectivity index (χ4v) is 8.81. The highest BCUT2D eigenvalue weighted by Crippen LogP contribution is 2.37. The molecule has 4 heterocycles. The molecule has 264 valence electrons. The lowest BCUT2D eigenvalue weighted by Gasteiger charge is -2.36. The summed E-state index contributed by atoms with van der Waals surface area (Å²) >= 11 is 0. The number of hydrogen-bond donors (Lipinski definition) is 1. The molecule has 0 spiro atoms. The number of aryl methyl sites for hydroxylation is 1. The Kier molecular flexibility index (Phi) is 10.5. The van der Waals surface area contributed by atoms with E-state index in [0.29, 0.717) is 55.2 Å². The number of carbonyl (C=O) groups excluding carboxylic acids is 2. The van der Waals surface area contributed by atoms with Crippen molar-refractivity contribution in [3.8, 4) is 11.3 Å². The molecule has 1 aliphatic carbocycles. The molecule has 6 rings (SSSR count). The maximum absolute atomic E-state index is 14.1. The summed E-state index contributed by atoms with van der Waals surface area (Å²) in [7, 11) is -3.50. The Morgan fingerprint density at radius 3 is 2.42 bits per heavy atom. The van der Waals surface area contributed by atoms with E-state index in [1.54, 1.807) is 0 Å². The van der Waals surface area contributed by atoms with Gasteiger partial charge in [0.1, 0.15) is 0 Å². The Morgan fingerprint density at radius 2 is 1.75 bits per heavy atom. The van der Waals surface area contributed by atoms with E-state index in [-0.39, 0.29) is 36.4 Å². The van der Waals surface area contributed by atoms with Crippen molar-refractivity contribution in [3.63, 3.8) is 0 Å². The molecule has 3 aliphatic heterocycles. The number of piperidine rings is 1. The van der Waals surface area contributed by atoms with Crippen LogP contribution in [0.2, 0.25) is 0 Å². The zero-order chi connectivity index (χ0) is 34.1. The smallest absolute Gasteiger partial charge is 0.352 e. The van der Waals surface area contributed by atoms with Gasteiger partial charge in [-0.05, 0) is 68.7 Å². The highest BCUT2D eigenvalue weighted by atomic mass is 32.2. The largest absolute Gasteiger partial charge is 0.416 e. The zero-order valence-electron chi connectivity index (χ0n) is 27.7.